The molecule has 0 spiro atoms. The monoisotopic (exact) mass is 420 g/mol. The predicted molar refractivity (Wildman–Crippen MR) is 99.2 cm³/mol. The zero-order chi connectivity index (χ0) is 18.0. The number of rotatable bonds is 5. The lowest BCUT2D eigenvalue weighted by molar-refractivity contribution is -0.253. The van der Waals surface area contributed by atoms with Crippen molar-refractivity contribution in [2.24, 2.45) is 5.41 Å². The van der Waals surface area contributed by atoms with Gasteiger partial charge in [0.05, 0.1) is 0 Å². The summed E-state index contributed by atoms with van der Waals surface area (Å²) in [7, 11) is 0. The van der Waals surface area contributed by atoms with Crippen molar-refractivity contribution in [1.29, 1.82) is 0 Å². The molecule has 0 saturated carbocycles. The molecular formula is C17H26Cl2F4N2O. The molecule has 0 aliphatic carbocycles. The Morgan fingerprint density at radius 1 is 1.08 bits per heavy atom. The van der Waals surface area contributed by atoms with Crippen LogP contribution in [0.3, 0.4) is 0 Å². The van der Waals surface area contributed by atoms with E-state index >= 15 is 0 Å². The van der Waals surface area contributed by atoms with Crippen molar-refractivity contribution in [3.8, 4) is 5.75 Å². The lowest BCUT2D eigenvalue weighted by Crippen LogP contribution is -2.48. The van der Waals surface area contributed by atoms with Gasteiger partial charge < -0.3 is 10.1 Å². The Morgan fingerprint density at radius 3 is 2.15 bits per heavy atom. The summed E-state index contributed by atoms with van der Waals surface area (Å²) in [6.45, 7) is 9.59. The standard InChI is InChI=1S/C17H24F4N2O.2ClH/c1-16(2,3)14(23-9-7-22-8-10-23)12-5-4-6-13(11-12)24-17(20,21)15(18)19;;/h4-6,11,14-15,22H,7-10H2,1-3H3;2*1H/t14-;;/m0../s1. The molecule has 1 N–H and O–H groups in total. The van der Waals surface area contributed by atoms with Gasteiger partial charge in [0.15, 0.2) is 0 Å². The third-order valence-electron chi connectivity index (χ3n) is 4.02. The van der Waals surface area contributed by atoms with Crippen molar-refractivity contribution in [3.05, 3.63) is 29.8 Å². The highest BCUT2D eigenvalue weighted by Gasteiger charge is 2.44. The molecule has 1 aliphatic rings. The van der Waals surface area contributed by atoms with E-state index in [1.807, 2.05) is 6.07 Å². The Morgan fingerprint density at radius 2 is 1.65 bits per heavy atom. The van der Waals surface area contributed by atoms with Crippen LogP contribution in [0.1, 0.15) is 32.4 Å². The predicted octanol–water partition coefficient (Wildman–Crippen LogP) is 4.76. The number of halogens is 6. The maximum atomic E-state index is 13.2. The number of nitrogens with zero attached hydrogens (tertiary/aromatic N) is 1. The quantitative estimate of drug-likeness (QED) is 0.694. The van der Waals surface area contributed by atoms with Crippen molar-refractivity contribution in [2.45, 2.75) is 39.3 Å². The lowest BCUT2D eigenvalue weighted by atomic mass is 9.81. The number of ether oxygens (including phenoxy) is 1. The van der Waals surface area contributed by atoms with Crippen molar-refractivity contribution in [1.82, 2.24) is 10.2 Å². The molecule has 1 atom stereocenters. The minimum atomic E-state index is -4.50. The maximum absolute atomic E-state index is 13.2. The van der Waals surface area contributed by atoms with E-state index in [1.54, 1.807) is 6.07 Å². The summed E-state index contributed by atoms with van der Waals surface area (Å²) < 4.78 is 55.3. The first kappa shape index (κ1) is 25.2. The number of nitrogens with one attached hydrogen (secondary N) is 1. The highest BCUT2D eigenvalue weighted by Crippen LogP contribution is 2.39. The highest BCUT2D eigenvalue weighted by molar-refractivity contribution is 5.85. The molecule has 26 heavy (non-hydrogen) atoms. The first-order valence-electron chi connectivity index (χ1n) is 8.01. The second-order valence-electron chi connectivity index (χ2n) is 7.09. The van der Waals surface area contributed by atoms with E-state index < -0.39 is 12.5 Å². The normalized spacial score (nSPS) is 17.2. The third-order valence-corrected chi connectivity index (χ3v) is 4.02. The van der Waals surface area contributed by atoms with Crippen LogP contribution in [0.5, 0.6) is 5.75 Å². The van der Waals surface area contributed by atoms with Crippen LogP contribution in [0.25, 0.3) is 0 Å². The molecule has 1 fully saturated rings. The van der Waals surface area contributed by atoms with Gasteiger partial charge in [-0.25, -0.2) is 0 Å². The van der Waals surface area contributed by atoms with Gasteiger partial charge in [0, 0.05) is 32.2 Å². The second-order valence-corrected chi connectivity index (χ2v) is 7.09. The Bertz CT molecular complexity index is 550. The fraction of sp³-hybridized carbons (Fsp3) is 0.647. The molecule has 0 bridgehead atoms. The van der Waals surface area contributed by atoms with E-state index in [-0.39, 0.29) is 42.0 Å². The van der Waals surface area contributed by atoms with Crippen LogP contribution in [0.4, 0.5) is 17.6 Å². The number of hydrogen-bond donors (Lipinski definition) is 1. The van der Waals surface area contributed by atoms with Crippen LogP contribution in [0, 0.1) is 5.41 Å². The molecule has 1 aliphatic heterocycles. The molecule has 2 rings (SSSR count). The smallest absolute Gasteiger partial charge is 0.428 e. The van der Waals surface area contributed by atoms with Gasteiger partial charge in [-0.3, -0.25) is 4.90 Å². The fourth-order valence-corrected chi connectivity index (χ4v) is 3.15. The first-order valence-corrected chi connectivity index (χ1v) is 8.01. The van der Waals surface area contributed by atoms with Gasteiger partial charge in [0.2, 0.25) is 0 Å². The molecule has 0 amide bonds. The molecular weight excluding hydrogens is 395 g/mol. The third kappa shape index (κ3) is 6.44. The van der Waals surface area contributed by atoms with E-state index in [0.29, 0.717) is 0 Å². The molecule has 3 nitrogen and oxygen atoms in total. The van der Waals surface area contributed by atoms with Crippen molar-refractivity contribution >= 4 is 24.8 Å². The lowest BCUT2D eigenvalue weighted by Gasteiger charge is -2.42. The Hall–Kier alpha value is -0.760. The van der Waals surface area contributed by atoms with Crippen LogP contribution in [0.2, 0.25) is 0 Å². The van der Waals surface area contributed by atoms with Gasteiger partial charge in [0.25, 0.3) is 0 Å². The van der Waals surface area contributed by atoms with Gasteiger partial charge in [-0.1, -0.05) is 32.9 Å². The molecule has 0 aromatic heterocycles. The largest absolute Gasteiger partial charge is 0.461 e. The number of alkyl halides is 4. The maximum Gasteiger partial charge on any atom is 0.461 e. The van der Waals surface area contributed by atoms with Crippen LogP contribution >= 0.6 is 24.8 Å². The Balaban J connectivity index is 0.00000312. The van der Waals surface area contributed by atoms with Gasteiger partial charge >= 0.3 is 12.5 Å². The van der Waals surface area contributed by atoms with E-state index in [1.165, 1.54) is 12.1 Å². The van der Waals surface area contributed by atoms with Crippen molar-refractivity contribution in [2.75, 3.05) is 26.2 Å². The summed E-state index contributed by atoms with van der Waals surface area (Å²) in [5.74, 6) is -0.248. The fourth-order valence-electron chi connectivity index (χ4n) is 3.15. The zero-order valence-corrected chi connectivity index (χ0v) is 16.6. The van der Waals surface area contributed by atoms with Crippen LogP contribution in [-0.2, 0) is 0 Å². The van der Waals surface area contributed by atoms with Gasteiger partial charge in [-0.2, -0.15) is 17.6 Å². The van der Waals surface area contributed by atoms with Crippen LogP contribution < -0.4 is 10.1 Å². The SMILES string of the molecule is CC(C)(C)[C@H](c1cccc(OC(F)(F)C(F)F)c1)N1CCNCC1.Cl.Cl. The average Bonchev–Trinajstić information content (AvgIpc) is 2.47. The summed E-state index contributed by atoms with van der Waals surface area (Å²) in [6.07, 6.45) is -8.36. The average molecular weight is 421 g/mol. The molecule has 9 heteroatoms. The Kier molecular flexibility index (Phi) is 9.68. The van der Waals surface area contributed by atoms with Crippen LogP contribution in [0.15, 0.2) is 24.3 Å². The van der Waals surface area contributed by atoms with E-state index in [2.05, 4.69) is 35.7 Å². The van der Waals surface area contributed by atoms with E-state index in [4.69, 9.17) is 0 Å². The Labute approximate surface area is 164 Å². The molecule has 1 saturated heterocycles. The molecule has 0 unspecified atom stereocenters. The highest BCUT2D eigenvalue weighted by atomic mass is 35.5. The minimum Gasteiger partial charge on any atom is -0.428 e. The molecule has 1 aromatic rings. The number of benzene rings is 1. The van der Waals surface area contributed by atoms with Gasteiger partial charge in [0.1, 0.15) is 5.75 Å². The number of hydrogen-bond acceptors (Lipinski definition) is 3. The van der Waals surface area contributed by atoms with E-state index in [9.17, 15) is 17.6 Å². The van der Waals surface area contributed by atoms with Crippen molar-refractivity contribution < 1.29 is 22.3 Å². The minimum absolute atomic E-state index is 0. The topological polar surface area (TPSA) is 24.5 Å². The molecule has 1 heterocycles. The number of piperazine rings is 1. The first-order chi connectivity index (χ1) is 11.1. The molecule has 152 valence electrons. The summed E-state index contributed by atoms with van der Waals surface area (Å²) in [6, 6.07) is 6.08. The second kappa shape index (κ2) is 9.97. The zero-order valence-electron chi connectivity index (χ0n) is 15.0. The summed E-state index contributed by atoms with van der Waals surface area (Å²) in [5, 5.41) is 3.28. The van der Waals surface area contributed by atoms with E-state index in [0.717, 1.165) is 31.7 Å². The molecule has 0 radical (unpaired) electrons. The molecule has 1 aromatic carbocycles. The van der Waals surface area contributed by atoms with Crippen molar-refractivity contribution in [3.63, 3.8) is 0 Å². The van der Waals surface area contributed by atoms with Gasteiger partial charge in [-0.15, -0.1) is 24.8 Å². The van der Waals surface area contributed by atoms with Gasteiger partial charge in [-0.05, 0) is 23.1 Å². The summed E-state index contributed by atoms with van der Waals surface area (Å²) in [4.78, 5) is 2.28. The summed E-state index contributed by atoms with van der Waals surface area (Å²) in [5.41, 5.74) is 0.633. The summed E-state index contributed by atoms with van der Waals surface area (Å²) >= 11 is 0. The van der Waals surface area contributed by atoms with Crippen LogP contribution in [-0.4, -0.2) is 43.6 Å².